The van der Waals surface area contributed by atoms with Gasteiger partial charge in [0, 0.05) is 6.54 Å². The number of rotatable bonds is 7. The molecule has 4 nitrogen and oxygen atoms in total. The molecule has 0 aromatic heterocycles. The van der Waals surface area contributed by atoms with Crippen molar-refractivity contribution < 1.29 is 14.6 Å². The van der Waals surface area contributed by atoms with Crippen molar-refractivity contribution in [3.05, 3.63) is 29.8 Å². The minimum absolute atomic E-state index is 0.439. The van der Waals surface area contributed by atoms with Gasteiger partial charge in [0.1, 0.15) is 18.4 Å². The normalized spacial score (nSPS) is 12.4. The summed E-state index contributed by atoms with van der Waals surface area (Å²) >= 11 is 0. The zero-order valence-electron chi connectivity index (χ0n) is 11.2. The summed E-state index contributed by atoms with van der Waals surface area (Å²) in [6.45, 7) is 4.97. The van der Waals surface area contributed by atoms with Gasteiger partial charge in [-0.15, -0.1) is 0 Å². The first-order chi connectivity index (χ1) is 8.54. The molecule has 0 aliphatic carbocycles. The monoisotopic (exact) mass is 251 g/mol. The van der Waals surface area contributed by atoms with Crippen molar-refractivity contribution in [3.63, 3.8) is 0 Å². The van der Waals surface area contributed by atoms with E-state index in [0.717, 1.165) is 11.3 Å². The maximum absolute atomic E-state index is 11.0. The zero-order valence-corrected chi connectivity index (χ0v) is 11.2. The zero-order chi connectivity index (χ0) is 13.5. The molecular weight excluding hydrogens is 230 g/mol. The molecule has 0 fully saturated rings. The highest BCUT2D eigenvalue weighted by molar-refractivity contribution is 5.73. The average molecular weight is 251 g/mol. The van der Waals surface area contributed by atoms with E-state index in [-0.39, 0.29) is 0 Å². The van der Waals surface area contributed by atoms with E-state index < -0.39 is 12.0 Å². The number of ether oxygens (including phenoxy) is 1. The lowest BCUT2D eigenvalue weighted by atomic mass is 10.2. The highest BCUT2D eigenvalue weighted by Crippen LogP contribution is 2.12. The largest absolute Gasteiger partial charge is 0.492 e. The number of aryl methyl sites for hydroxylation is 1. The second-order valence-corrected chi connectivity index (χ2v) is 4.41. The van der Waals surface area contributed by atoms with Crippen molar-refractivity contribution >= 4 is 5.97 Å². The molecule has 0 saturated heterocycles. The molecule has 0 saturated carbocycles. The topological polar surface area (TPSA) is 49.8 Å². The summed E-state index contributed by atoms with van der Waals surface area (Å²) in [6.07, 6.45) is 0.594. The fraction of sp³-hybridized carbons (Fsp3) is 0.500. The van der Waals surface area contributed by atoms with Crippen molar-refractivity contribution in [3.8, 4) is 5.75 Å². The molecule has 1 N–H and O–H groups in total. The van der Waals surface area contributed by atoms with Crippen molar-refractivity contribution in [1.29, 1.82) is 0 Å². The van der Waals surface area contributed by atoms with Crippen LogP contribution in [0.2, 0.25) is 0 Å². The van der Waals surface area contributed by atoms with Crippen LogP contribution < -0.4 is 4.74 Å². The number of likely N-dealkylation sites (N-methyl/N-ethyl adjacent to an activating group) is 1. The molecule has 0 aliphatic heterocycles. The molecule has 1 aromatic rings. The first-order valence-corrected chi connectivity index (χ1v) is 6.17. The highest BCUT2D eigenvalue weighted by Gasteiger charge is 2.19. The van der Waals surface area contributed by atoms with Gasteiger partial charge in [-0.3, -0.25) is 9.69 Å². The molecule has 18 heavy (non-hydrogen) atoms. The molecule has 0 radical (unpaired) electrons. The average Bonchev–Trinajstić information content (AvgIpc) is 2.29. The van der Waals surface area contributed by atoms with Gasteiger partial charge in [0.25, 0.3) is 0 Å². The first kappa shape index (κ1) is 14.5. The summed E-state index contributed by atoms with van der Waals surface area (Å²) in [5.74, 6) is 0.0438. The Morgan fingerprint density at radius 3 is 2.78 bits per heavy atom. The van der Waals surface area contributed by atoms with Gasteiger partial charge in [-0.05, 0) is 38.1 Å². The summed E-state index contributed by atoms with van der Waals surface area (Å²) in [6, 6.07) is 7.39. The smallest absolute Gasteiger partial charge is 0.320 e. The molecule has 0 heterocycles. The lowest BCUT2D eigenvalue weighted by molar-refractivity contribution is -0.143. The van der Waals surface area contributed by atoms with Gasteiger partial charge in [-0.2, -0.15) is 0 Å². The summed E-state index contributed by atoms with van der Waals surface area (Å²) in [4.78, 5) is 12.8. The van der Waals surface area contributed by atoms with Crippen LogP contribution in [0.3, 0.4) is 0 Å². The van der Waals surface area contributed by atoms with E-state index in [1.54, 1.807) is 4.90 Å². The van der Waals surface area contributed by atoms with Crippen molar-refractivity contribution in [1.82, 2.24) is 4.90 Å². The molecule has 0 aliphatic rings. The number of carboxylic acid groups (broad SMARTS) is 1. The lowest BCUT2D eigenvalue weighted by Crippen LogP contribution is -2.40. The Hall–Kier alpha value is -1.55. The lowest BCUT2D eigenvalue weighted by Gasteiger charge is -2.23. The molecule has 4 heteroatoms. The van der Waals surface area contributed by atoms with Crippen LogP contribution >= 0.6 is 0 Å². The van der Waals surface area contributed by atoms with Crippen molar-refractivity contribution in [2.75, 3.05) is 20.2 Å². The quantitative estimate of drug-likeness (QED) is 0.807. The van der Waals surface area contributed by atoms with E-state index in [1.165, 1.54) is 0 Å². The molecule has 1 aromatic carbocycles. The summed E-state index contributed by atoms with van der Waals surface area (Å²) in [5.41, 5.74) is 1.15. The maximum atomic E-state index is 11.0. The summed E-state index contributed by atoms with van der Waals surface area (Å²) in [5, 5.41) is 9.01. The third kappa shape index (κ3) is 4.37. The van der Waals surface area contributed by atoms with E-state index in [0.29, 0.717) is 19.6 Å². The van der Waals surface area contributed by atoms with Crippen LogP contribution in [0.1, 0.15) is 18.9 Å². The third-order valence-corrected chi connectivity index (χ3v) is 2.91. The van der Waals surface area contributed by atoms with Gasteiger partial charge >= 0.3 is 5.97 Å². The molecular formula is C14H21NO3. The van der Waals surface area contributed by atoms with Crippen LogP contribution in [-0.2, 0) is 4.79 Å². The molecule has 1 atom stereocenters. The van der Waals surface area contributed by atoms with E-state index in [2.05, 4.69) is 0 Å². The van der Waals surface area contributed by atoms with Gasteiger partial charge in [-0.25, -0.2) is 0 Å². The Balaban J connectivity index is 2.39. The molecule has 0 amide bonds. The van der Waals surface area contributed by atoms with Gasteiger partial charge in [0.15, 0.2) is 0 Å². The van der Waals surface area contributed by atoms with Crippen LogP contribution in [0.5, 0.6) is 5.75 Å². The Kier molecular flexibility index (Phi) is 5.65. The second kappa shape index (κ2) is 7.01. The molecule has 0 spiro atoms. The summed E-state index contributed by atoms with van der Waals surface area (Å²) < 4.78 is 5.60. The third-order valence-electron chi connectivity index (χ3n) is 2.91. The SMILES string of the molecule is CC[C@@H](C(=O)O)N(C)CCOc1cccc(C)c1. The standard InChI is InChI=1S/C14H21NO3/c1-4-13(14(16)17)15(3)8-9-18-12-7-5-6-11(2)10-12/h5-7,10,13H,4,8-9H2,1-3H3,(H,16,17)/t13-/m0/s1. The van der Waals surface area contributed by atoms with Gasteiger partial charge in [-0.1, -0.05) is 19.1 Å². The minimum atomic E-state index is -0.782. The van der Waals surface area contributed by atoms with Crippen LogP contribution in [0.15, 0.2) is 24.3 Å². The highest BCUT2D eigenvalue weighted by atomic mass is 16.5. The fourth-order valence-electron chi connectivity index (χ4n) is 1.84. The van der Waals surface area contributed by atoms with Crippen LogP contribution in [0.4, 0.5) is 0 Å². The number of hydrogen-bond acceptors (Lipinski definition) is 3. The molecule has 100 valence electrons. The molecule has 0 unspecified atom stereocenters. The van der Waals surface area contributed by atoms with E-state index in [4.69, 9.17) is 9.84 Å². The molecule has 1 rings (SSSR count). The number of benzene rings is 1. The van der Waals surface area contributed by atoms with Gasteiger partial charge in [0.2, 0.25) is 0 Å². The Morgan fingerprint density at radius 1 is 1.50 bits per heavy atom. The van der Waals surface area contributed by atoms with E-state index in [1.807, 2.05) is 45.2 Å². The van der Waals surface area contributed by atoms with Crippen LogP contribution in [0, 0.1) is 6.92 Å². The van der Waals surface area contributed by atoms with Crippen LogP contribution in [-0.4, -0.2) is 42.2 Å². The number of carbonyl (C=O) groups is 1. The number of hydrogen-bond donors (Lipinski definition) is 1. The first-order valence-electron chi connectivity index (χ1n) is 6.17. The number of aliphatic carboxylic acids is 1. The predicted molar refractivity (Wildman–Crippen MR) is 71.0 cm³/mol. The summed E-state index contributed by atoms with van der Waals surface area (Å²) in [7, 11) is 1.81. The minimum Gasteiger partial charge on any atom is -0.492 e. The van der Waals surface area contributed by atoms with Crippen molar-refractivity contribution in [2.24, 2.45) is 0 Å². The molecule has 0 bridgehead atoms. The maximum Gasteiger partial charge on any atom is 0.320 e. The predicted octanol–water partition coefficient (Wildman–Crippen LogP) is 2.17. The fourth-order valence-corrected chi connectivity index (χ4v) is 1.84. The van der Waals surface area contributed by atoms with E-state index >= 15 is 0 Å². The Morgan fingerprint density at radius 2 is 2.22 bits per heavy atom. The van der Waals surface area contributed by atoms with Gasteiger partial charge in [0.05, 0.1) is 0 Å². The number of nitrogens with zero attached hydrogens (tertiary/aromatic N) is 1. The Bertz CT molecular complexity index is 392. The van der Waals surface area contributed by atoms with Gasteiger partial charge < -0.3 is 9.84 Å². The van der Waals surface area contributed by atoms with Crippen LogP contribution in [0.25, 0.3) is 0 Å². The number of carboxylic acids is 1. The van der Waals surface area contributed by atoms with E-state index in [9.17, 15) is 4.79 Å². The van der Waals surface area contributed by atoms with Crippen molar-refractivity contribution in [2.45, 2.75) is 26.3 Å². The second-order valence-electron chi connectivity index (χ2n) is 4.41. The Labute approximate surface area is 108 Å².